The minimum Gasteiger partial charge on any atom is -0.354 e. The molecule has 29 heavy (non-hydrogen) atoms. The van der Waals surface area contributed by atoms with E-state index in [4.69, 9.17) is 4.52 Å². The van der Waals surface area contributed by atoms with Crippen molar-refractivity contribution < 1.29 is 9.32 Å². The fourth-order valence-electron chi connectivity index (χ4n) is 3.64. The van der Waals surface area contributed by atoms with Gasteiger partial charge in [-0.1, -0.05) is 35.5 Å². The third-order valence-electron chi connectivity index (χ3n) is 5.09. The van der Waals surface area contributed by atoms with Crippen molar-refractivity contribution in [2.75, 3.05) is 18.0 Å². The van der Waals surface area contributed by atoms with Crippen LogP contribution in [0.4, 0.5) is 5.82 Å². The van der Waals surface area contributed by atoms with Crippen LogP contribution in [0.5, 0.6) is 0 Å². The first-order valence-electron chi connectivity index (χ1n) is 10.0. The number of carbonyl (C=O) groups excluding carboxylic acids is 1. The molecule has 150 valence electrons. The second kappa shape index (κ2) is 8.86. The summed E-state index contributed by atoms with van der Waals surface area (Å²) in [5.41, 5.74) is 2.13. The molecule has 1 fully saturated rings. The summed E-state index contributed by atoms with van der Waals surface area (Å²) in [4.78, 5) is 22.4. The predicted octanol–water partition coefficient (Wildman–Crippen LogP) is 3.02. The van der Waals surface area contributed by atoms with E-state index in [-0.39, 0.29) is 11.9 Å². The van der Waals surface area contributed by atoms with Crippen molar-refractivity contribution in [2.45, 2.75) is 38.6 Å². The van der Waals surface area contributed by atoms with E-state index in [9.17, 15) is 4.79 Å². The van der Waals surface area contributed by atoms with Crippen molar-refractivity contribution in [2.24, 2.45) is 0 Å². The molecule has 0 saturated carbocycles. The van der Waals surface area contributed by atoms with Crippen LogP contribution >= 0.6 is 0 Å². The number of nitrogens with zero attached hydrogens (tertiary/aromatic N) is 4. The molecule has 0 radical (unpaired) electrons. The molecule has 0 aliphatic carbocycles. The van der Waals surface area contributed by atoms with Gasteiger partial charge in [0, 0.05) is 38.7 Å². The summed E-state index contributed by atoms with van der Waals surface area (Å²) in [5.74, 6) is 2.12. The average Bonchev–Trinajstić information content (AvgIpc) is 3.38. The number of benzene rings is 1. The lowest BCUT2D eigenvalue weighted by Crippen LogP contribution is -2.35. The molecule has 1 aliphatic rings. The van der Waals surface area contributed by atoms with Crippen molar-refractivity contribution in [3.8, 4) is 11.5 Å². The molecule has 1 unspecified atom stereocenters. The first-order valence-corrected chi connectivity index (χ1v) is 10.0. The number of rotatable bonds is 7. The molecule has 0 bridgehead atoms. The normalized spacial score (nSPS) is 16.2. The van der Waals surface area contributed by atoms with E-state index in [0.717, 1.165) is 56.0 Å². The van der Waals surface area contributed by atoms with Crippen LogP contribution in [-0.4, -0.2) is 40.2 Å². The maximum atomic E-state index is 11.2. The van der Waals surface area contributed by atoms with Gasteiger partial charge in [-0.25, -0.2) is 4.98 Å². The number of aromatic nitrogens is 3. The molecule has 1 saturated heterocycles. The second-order valence-electron chi connectivity index (χ2n) is 7.39. The van der Waals surface area contributed by atoms with Gasteiger partial charge in [0.1, 0.15) is 5.82 Å². The summed E-state index contributed by atoms with van der Waals surface area (Å²) >= 11 is 0. The smallest absolute Gasteiger partial charge is 0.259 e. The van der Waals surface area contributed by atoms with E-state index in [0.29, 0.717) is 5.89 Å². The van der Waals surface area contributed by atoms with Crippen LogP contribution in [0, 0.1) is 0 Å². The molecule has 3 aromatic rings. The third kappa shape index (κ3) is 4.99. The minimum atomic E-state index is 0.0103. The Labute approximate surface area is 170 Å². The Morgan fingerprint density at radius 3 is 2.83 bits per heavy atom. The molecule has 1 amide bonds. The standard InChI is InChI=1S/C22H25N5O2/c1-16(28)24-19-12-13-27(15-19)21-11-10-18(14-23-21)22-25-20(26-29-22)9-5-8-17-6-3-2-4-7-17/h2-4,6-7,10-11,14,19H,5,8-9,12-13,15H2,1H3,(H,24,28). The maximum absolute atomic E-state index is 11.2. The van der Waals surface area contributed by atoms with Crippen LogP contribution < -0.4 is 10.2 Å². The van der Waals surface area contributed by atoms with Crippen LogP contribution in [-0.2, 0) is 17.6 Å². The van der Waals surface area contributed by atoms with Gasteiger partial charge in [0.15, 0.2) is 5.82 Å². The van der Waals surface area contributed by atoms with Crippen molar-refractivity contribution in [3.63, 3.8) is 0 Å². The lowest BCUT2D eigenvalue weighted by Gasteiger charge is -2.17. The predicted molar refractivity (Wildman–Crippen MR) is 110 cm³/mol. The molecule has 1 aliphatic heterocycles. The van der Waals surface area contributed by atoms with Gasteiger partial charge >= 0.3 is 0 Å². The Balaban J connectivity index is 1.32. The number of aryl methyl sites for hydroxylation is 2. The Bertz CT molecular complexity index is 939. The van der Waals surface area contributed by atoms with Gasteiger partial charge in [0.2, 0.25) is 5.91 Å². The molecule has 7 heteroatoms. The summed E-state index contributed by atoms with van der Waals surface area (Å²) in [7, 11) is 0. The Morgan fingerprint density at radius 1 is 1.21 bits per heavy atom. The molecule has 2 aromatic heterocycles. The first kappa shape index (κ1) is 19.1. The van der Waals surface area contributed by atoms with Crippen molar-refractivity contribution >= 4 is 11.7 Å². The van der Waals surface area contributed by atoms with Gasteiger partial charge in [-0.3, -0.25) is 4.79 Å². The number of anilines is 1. The fraction of sp³-hybridized carbons (Fsp3) is 0.364. The number of hydrogen-bond donors (Lipinski definition) is 1. The van der Waals surface area contributed by atoms with Crippen molar-refractivity contribution in [3.05, 3.63) is 60.0 Å². The molecular weight excluding hydrogens is 366 g/mol. The van der Waals surface area contributed by atoms with E-state index >= 15 is 0 Å². The zero-order chi connectivity index (χ0) is 20.1. The highest BCUT2D eigenvalue weighted by molar-refractivity contribution is 5.73. The van der Waals surface area contributed by atoms with Gasteiger partial charge < -0.3 is 14.7 Å². The molecule has 3 heterocycles. The summed E-state index contributed by atoms with van der Waals surface area (Å²) < 4.78 is 5.42. The third-order valence-corrected chi connectivity index (χ3v) is 5.09. The zero-order valence-electron chi connectivity index (χ0n) is 16.5. The molecule has 7 nitrogen and oxygen atoms in total. The number of pyridine rings is 1. The van der Waals surface area contributed by atoms with Crippen molar-refractivity contribution in [1.82, 2.24) is 20.4 Å². The highest BCUT2D eigenvalue weighted by Gasteiger charge is 2.24. The average molecular weight is 391 g/mol. The first-order chi connectivity index (χ1) is 14.2. The summed E-state index contributed by atoms with van der Waals surface area (Å²) in [6.07, 6.45) is 5.45. The summed E-state index contributed by atoms with van der Waals surface area (Å²) in [5, 5.41) is 7.06. The highest BCUT2D eigenvalue weighted by atomic mass is 16.5. The monoisotopic (exact) mass is 391 g/mol. The van der Waals surface area contributed by atoms with E-state index in [1.807, 2.05) is 18.2 Å². The van der Waals surface area contributed by atoms with E-state index < -0.39 is 0 Å². The quantitative estimate of drug-likeness (QED) is 0.666. The van der Waals surface area contributed by atoms with E-state index in [1.54, 1.807) is 13.1 Å². The van der Waals surface area contributed by atoms with E-state index in [2.05, 4.69) is 49.6 Å². The lowest BCUT2D eigenvalue weighted by molar-refractivity contribution is -0.119. The molecule has 0 spiro atoms. The van der Waals surface area contributed by atoms with Gasteiger partial charge in [-0.15, -0.1) is 0 Å². The molecule has 1 N–H and O–H groups in total. The largest absolute Gasteiger partial charge is 0.354 e. The zero-order valence-corrected chi connectivity index (χ0v) is 16.5. The molecule has 1 atom stereocenters. The number of nitrogens with one attached hydrogen (secondary N) is 1. The van der Waals surface area contributed by atoms with Crippen molar-refractivity contribution in [1.29, 1.82) is 0 Å². The second-order valence-corrected chi connectivity index (χ2v) is 7.39. The summed E-state index contributed by atoms with van der Waals surface area (Å²) in [6.45, 7) is 3.21. The van der Waals surface area contributed by atoms with Gasteiger partial charge in [-0.2, -0.15) is 4.98 Å². The maximum Gasteiger partial charge on any atom is 0.259 e. The molecule has 4 rings (SSSR count). The lowest BCUT2D eigenvalue weighted by atomic mass is 10.1. The number of amides is 1. The summed E-state index contributed by atoms with van der Waals surface area (Å²) in [6, 6.07) is 14.5. The molecule has 1 aromatic carbocycles. The fourth-order valence-corrected chi connectivity index (χ4v) is 3.64. The molecular formula is C22H25N5O2. The van der Waals surface area contributed by atoms with Crippen LogP contribution in [0.3, 0.4) is 0 Å². The minimum absolute atomic E-state index is 0.0103. The van der Waals surface area contributed by atoms with Crippen LogP contribution in [0.25, 0.3) is 11.5 Å². The number of carbonyl (C=O) groups is 1. The van der Waals surface area contributed by atoms with Crippen LogP contribution in [0.15, 0.2) is 53.2 Å². The van der Waals surface area contributed by atoms with Crippen LogP contribution in [0.1, 0.15) is 31.2 Å². The van der Waals surface area contributed by atoms with Gasteiger partial charge in [-0.05, 0) is 37.0 Å². The Morgan fingerprint density at radius 2 is 2.07 bits per heavy atom. The van der Waals surface area contributed by atoms with Gasteiger partial charge in [0.25, 0.3) is 5.89 Å². The Hall–Kier alpha value is -3.22. The topological polar surface area (TPSA) is 84.2 Å². The number of hydrogen-bond acceptors (Lipinski definition) is 6. The highest BCUT2D eigenvalue weighted by Crippen LogP contribution is 2.22. The van der Waals surface area contributed by atoms with E-state index in [1.165, 1.54) is 5.56 Å². The van der Waals surface area contributed by atoms with Crippen LogP contribution in [0.2, 0.25) is 0 Å². The van der Waals surface area contributed by atoms with Gasteiger partial charge in [0.05, 0.1) is 5.56 Å². The Kier molecular flexibility index (Phi) is 5.84. The SMILES string of the molecule is CC(=O)NC1CCN(c2ccc(-c3nc(CCCc4ccccc4)no3)cn2)C1.